The minimum atomic E-state index is -0.385. The molecule has 0 aliphatic carbocycles. The van der Waals surface area contributed by atoms with Gasteiger partial charge < -0.3 is 10.2 Å². The number of amides is 2. The summed E-state index contributed by atoms with van der Waals surface area (Å²) in [6.07, 6.45) is 3.15. The maximum absolute atomic E-state index is 13.1. The SMILES string of the molecule is Cc1cccnc1C(NC(=O)C1CCN(C(=O)C(C)(C)C)CC1)c1ccccc1. The van der Waals surface area contributed by atoms with Crippen LogP contribution in [-0.2, 0) is 9.59 Å². The van der Waals surface area contributed by atoms with Crippen molar-refractivity contribution in [3.05, 3.63) is 65.5 Å². The molecule has 1 saturated heterocycles. The Bertz CT molecular complexity index is 850. The molecule has 5 heteroatoms. The topological polar surface area (TPSA) is 62.3 Å². The van der Waals surface area contributed by atoms with Gasteiger partial charge in [-0.15, -0.1) is 0 Å². The monoisotopic (exact) mass is 393 g/mol. The highest BCUT2D eigenvalue weighted by Crippen LogP contribution is 2.27. The van der Waals surface area contributed by atoms with E-state index < -0.39 is 0 Å². The molecule has 1 aromatic carbocycles. The predicted molar refractivity (Wildman–Crippen MR) is 114 cm³/mol. The van der Waals surface area contributed by atoms with Gasteiger partial charge in [0, 0.05) is 30.6 Å². The minimum Gasteiger partial charge on any atom is -0.343 e. The fourth-order valence-electron chi connectivity index (χ4n) is 3.83. The van der Waals surface area contributed by atoms with Crippen molar-refractivity contribution in [1.82, 2.24) is 15.2 Å². The van der Waals surface area contributed by atoms with Crippen molar-refractivity contribution in [3.63, 3.8) is 0 Å². The number of nitrogens with zero attached hydrogens (tertiary/aromatic N) is 2. The van der Waals surface area contributed by atoms with Crippen LogP contribution in [0.5, 0.6) is 0 Å². The summed E-state index contributed by atoms with van der Waals surface area (Å²) in [4.78, 5) is 32.0. The van der Waals surface area contributed by atoms with Gasteiger partial charge in [0.2, 0.25) is 11.8 Å². The number of piperidine rings is 1. The largest absolute Gasteiger partial charge is 0.343 e. The number of aromatic nitrogens is 1. The van der Waals surface area contributed by atoms with Crippen molar-refractivity contribution in [2.45, 2.75) is 46.6 Å². The Kier molecular flexibility index (Phi) is 6.36. The Hall–Kier alpha value is -2.69. The normalized spacial score (nSPS) is 16.3. The second-order valence-corrected chi connectivity index (χ2v) is 8.87. The first-order chi connectivity index (χ1) is 13.8. The number of rotatable bonds is 4. The molecule has 29 heavy (non-hydrogen) atoms. The van der Waals surface area contributed by atoms with Gasteiger partial charge in [0.1, 0.15) is 0 Å². The lowest BCUT2D eigenvalue weighted by atomic mass is 9.90. The zero-order chi connectivity index (χ0) is 21.0. The second kappa shape index (κ2) is 8.76. The zero-order valence-electron chi connectivity index (χ0n) is 17.8. The molecule has 5 nitrogen and oxygen atoms in total. The first kappa shape index (κ1) is 21.0. The van der Waals surface area contributed by atoms with E-state index >= 15 is 0 Å². The van der Waals surface area contributed by atoms with Crippen molar-refractivity contribution in [1.29, 1.82) is 0 Å². The number of hydrogen-bond donors (Lipinski definition) is 1. The predicted octanol–water partition coefficient (Wildman–Crippen LogP) is 3.88. The average molecular weight is 394 g/mol. The van der Waals surface area contributed by atoms with Crippen LogP contribution in [0.1, 0.15) is 56.5 Å². The van der Waals surface area contributed by atoms with Crippen LogP contribution in [0.25, 0.3) is 0 Å². The number of benzene rings is 1. The Labute approximate surface area is 173 Å². The molecule has 2 aromatic rings. The summed E-state index contributed by atoms with van der Waals surface area (Å²) in [6, 6.07) is 13.6. The third-order valence-corrected chi connectivity index (χ3v) is 5.54. The van der Waals surface area contributed by atoms with E-state index in [2.05, 4.69) is 10.3 Å². The van der Waals surface area contributed by atoms with Crippen LogP contribution >= 0.6 is 0 Å². The van der Waals surface area contributed by atoms with Gasteiger partial charge in [-0.3, -0.25) is 14.6 Å². The summed E-state index contributed by atoms with van der Waals surface area (Å²) in [5.74, 6) is 0.101. The molecule has 2 heterocycles. The van der Waals surface area contributed by atoms with Gasteiger partial charge in [0.15, 0.2) is 0 Å². The summed E-state index contributed by atoms with van der Waals surface area (Å²) in [5, 5.41) is 3.23. The number of likely N-dealkylation sites (tertiary alicyclic amines) is 1. The van der Waals surface area contributed by atoms with Gasteiger partial charge >= 0.3 is 0 Å². The highest BCUT2D eigenvalue weighted by Gasteiger charge is 2.33. The van der Waals surface area contributed by atoms with Gasteiger partial charge in [-0.25, -0.2) is 0 Å². The molecule has 3 rings (SSSR count). The van der Waals surface area contributed by atoms with E-state index in [1.165, 1.54) is 0 Å². The third-order valence-electron chi connectivity index (χ3n) is 5.54. The highest BCUT2D eigenvalue weighted by atomic mass is 16.2. The molecule has 154 valence electrons. The molecule has 1 fully saturated rings. The van der Waals surface area contributed by atoms with Gasteiger partial charge in [-0.2, -0.15) is 0 Å². The Morgan fingerprint density at radius 2 is 1.72 bits per heavy atom. The average Bonchev–Trinajstić information content (AvgIpc) is 2.72. The maximum atomic E-state index is 13.1. The van der Waals surface area contributed by atoms with E-state index in [1.54, 1.807) is 6.20 Å². The molecule has 1 aliphatic heterocycles. The highest BCUT2D eigenvalue weighted by molar-refractivity contribution is 5.83. The summed E-state index contributed by atoms with van der Waals surface area (Å²) in [6.45, 7) is 9.09. The molecule has 0 radical (unpaired) electrons. The summed E-state index contributed by atoms with van der Waals surface area (Å²) < 4.78 is 0. The third kappa shape index (κ3) is 5.03. The van der Waals surface area contributed by atoms with E-state index in [0.29, 0.717) is 25.9 Å². The number of carbonyl (C=O) groups is 2. The van der Waals surface area contributed by atoms with Crippen LogP contribution in [0.15, 0.2) is 48.7 Å². The van der Waals surface area contributed by atoms with Crippen LogP contribution in [0, 0.1) is 18.3 Å². The first-order valence-corrected chi connectivity index (χ1v) is 10.3. The molecule has 0 spiro atoms. The van der Waals surface area contributed by atoms with Gasteiger partial charge in [-0.05, 0) is 37.0 Å². The quantitative estimate of drug-likeness (QED) is 0.857. The van der Waals surface area contributed by atoms with Crippen molar-refractivity contribution in [3.8, 4) is 0 Å². The summed E-state index contributed by atoms with van der Waals surface area (Å²) >= 11 is 0. The van der Waals surface area contributed by atoms with Gasteiger partial charge in [0.05, 0.1) is 11.7 Å². The van der Waals surface area contributed by atoms with Crippen LogP contribution in [-0.4, -0.2) is 34.8 Å². The van der Waals surface area contributed by atoms with Crippen molar-refractivity contribution >= 4 is 11.8 Å². The second-order valence-electron chi connectivity index (χ2n) is 8.87. The van der Waals surface area contributed by atoms with E-state index in [1.807, 2.05) is 75.1 Å². The van der Waals surface area contributed by atoms with E-state index in [4.69, 9.17) is 0 Å². The zero-order valence-corrected chi connectivity index (χ0v) is 17.8. The molecule has 1 atom stereocenters. The maximum Gasteiger partial charge on any atom is 0.227 e. The van der Waals surface area contributed by atoms with Crippen molar-refractivity contribution < 1.29 is 9.59 Å². The number of aryl methyl sites for hydroxylation is 1. The number of hydrogen-bond acceptors (Lipinski definition) is 3. The summed E-state index contributed by atoms with van der Waals surface area (Å²) in [5.41, 5.74) is 2.55. The first-order valence-electron chi connectivity index (χ1n) is 10.3. The van der Waals surface area contributed by atoms with Gasteiger partial charge in [0.25, 0.3) is 0 Å². The molecular weight excluding hydrogens is 362 g/mol. The molecule has 2 amide bonds. The molecule has 1 N–H and O–H groups in total. The molecule has 1 unspecified atom stereocenters. The van der Waals surface area contributed by atoms with E-state index in [9.17, 15) is 9.59 Å². The smallest absolute Gasteiger partial charge is 0.227 e. The molecule has 1 aliphatic rings. The number of nitrogens with one attached hydrogen (secondary N) is 1. The summed E-state index contributed by atoms with van der Waals surface area (Å²) in [7, 11) is 0. The standard InChI is InChI=1S/C24H31N3O2/c1-17-9-8-14-25-20(17)21(18-10-6-5-7-11-18)26-22(28)19-12-15-27(16-13-19)23(29)24(2,3)4/h5-11,14,19,21H,12-13,15-16H2,1-4H3,(H,26,28). The van der Waals surface area contributed by atoms with Gasteiger partial charge in [-0.1, -0.05) is 57.2 Å². The molecule has 1 aromatic heterocycles. The van der Waals surface area contributed by atoms with Crippen LogP contribution in [0.3, 0.4) is 0 Å². The fraction of sp³-hybridized carbons (Fsp3) is 0.458. The molecule has 0 saturated carbocycles. The van der Waals surface area contributed by atoms with Crippen LogP contribution < -0.4 is 5.32 Å². The Balaban J connectivity index is 1.72. The Morgan fingerprint density at radius 3 is 2.31 bits per heavy atom. The van der Waals surface area contributed by atoms with Crippen LogP contribution in [0.2, 0.25) is 0 Å². The van der Waals surface area contributed by atoms with Crippen molar-refractivity contribution in [2.75, 3.05) is 13.1 Å². The van der Waals surface area contributed by atoms with Crippen molar-refractivity contribution in [2.24, 2.45) is 11.3 Å². The fourth-order valence-corrected chi connectivity index (χ4v) is 3.83. The minimum absolute atomic E-state index is 0.0340. The lowest BCUT2D eigenvalue weighted by molar-refractivity contribution is -0.142. The van der Waals surface area contributed by atoms with Crippen LogP contribution in [0.4, 0.5) is 0 Å². The Morgan fingerprint density at radius 1 is 1.07 bits per heavy atom. The lowest BCUT2D eigenvalue weighted by Gasteiger charge is -2.35. The molecular formula is C24H31N3O2. The molecule has 0 bridgehead atoms. The number of pyridine rings is 1. The van der Waals surface area contributed by atoms with E-state index in [-0.39, 0.29) is 29.2 Å². The van der Waals surface area contributed by atoms with E-state index in [0.717, 1.165) is 16.8 Å². The number of carbonyl (C=O) groups excluding carboxylic acids is 2. The lowest BCUT2D eigenvalue weighted by Crippen LogP contribution is -2.47.